The van der Waals surface area contributed by atoms with Crippen molar-refractivity contribution in [2.24, 2.45) is 0 Å². The van der Waals surface area contributed by atoms with Gasteiger partial charge in [0.15, 0.2) is 6.61 Å². The van der Waals surface area contributed by atoms with Crippen molar-refractivity contribution >= 4 is 34.8 Å². The van der Waals surface area contributed by atoms with Gasteiger partial charge in [0, 0.05) is 12.3 Å². The van der Waals surface area contributed by atoms with Gasteiger partial charge in [0.25, 0.3) is 11.8 Å². The van der Waals surface area contributed by atoms with E-state index >= 15 is 0 Å². The third kappa shape index (κ3) is 2.80. The molecule has 3 rings (SSSR count). The molecule has 0 saturated heterocycles. The number of amides is 2. The maximum absolute atomic E-state index is 12.0. The molecule has 0 aliphatic carbocycles. The number of ether oxygens (including phenoxy) is 1. The zero-order valence-corrected chi connectivity index (χ0v) is 11.5. The molecule has 2 aromatic rings. The molecule has 2 amide bonds. The Hall–Kier alpha value is -2.60. The summed E-state index contributed by atoms with van der Waals surface area (Å²) >= 11 is 6.10. The van der Waals surface area contributed by atoms with Crippen molar-refractivity contribution < 1.29 is 14.3 Å². The standard InChI is InChI=1S/C14H10ClN3O3/c15-8-5-11-12(21-7-13(19)17-11)6-10(8)18-14(20)9-3-1-2-4-16-9/h1-6H,7H2,(H,17,19)(H,18,20). The Kier molecular flexibility index (Phi) is 3.45. The molecule has 0 saturated carbocycles. The van der Waals surface area contributed by atoms with Crippen LogP contribution in [0.3, 0.4) is 0 Å². The minimum atomic E-state index is -0.378. The molecule has 0 unspecified atom stereocenters. The van der Waals surface area contributed by atoms with E-state index in [4.69, 9.17) is 16.3 Å². The molecule has 1 aliphatic heterocycles. The number of aromatic nitrogens is 1. The molecule has 0 fully saturated rings. The molecule has 2 heterocycles. The van der Waals surface area contributed by atoms with Crippen LogP contribution in [0.15, 0.2) is 36.5 Å². The van der Waals surface area contributed by atoms with E-state index in [2.05, 4.69) is 15.6 Å². The van der Waals surface area contributed by atoms with Crippen LogP contribution in [0.4, 0.5) is 11.4 Å². The Morgan fingerprint density at radius 3 is 3.00 bits per heavy atom. The fraction of sp³-hybridized carbons (Fsp3) is 0.0714. The Morgan fingerprint density at radius 2 is 2.24 bits per heavy atom. The third-order valence-corrected chi connectivity index (χ3v) is 3.16. The first-order chi connectivity index (χ1) is 10.1. The third-order valence-electron chi connectivity index (χ3n) is 2.85. The first-order valence-electron chi connectivity index (χ1n) is 6.12. The van der Waals surface area contributed by atoms with E-state index in [0.29, 0.717) is 22.1 Å². The van der Waals surface area contributed by atoms with Crippen LogP contribution in [0, 0.1) is 0 Å². The lowest BCUT2D eigenvalue weighted by Crippen LogP contribution is -2.25. The minimum Gasteiger partial charge on any atom is -0.482 e. The normalized spacial score (nSPS) is 12.9. The second-order valence-corrected chi connectivity index (χ2v) is 4.74. The van der Waals surface area contributed by atoms with Gasteiger partial charge in [-0.05, 0) is 18.2 Å². The average molecular weight is 304 g/mol. The maximum Gasteiger partial charge on any atom is 0.274 e. The van der Waals surface area contributed by atoms with E-state index < -0.39 is 0 Å². The molecule has 0 bridgehead atoms. The quantitative estimate of drug-likeness (QED) is 0.892. The van der Waals surface area contributed by atoms with Crippen molar-refractivity contribution in [3.8, 4) is 5.75 Å². The summed E-state index contributed by atoms with van der Waals surface area (Å²) in [5.41, 5.74) is 1.15. The molecule has 0 radical (unpaired) electrons. The van der Waals surface area contributed by atoms with Crippen molar-refractivity contribution in [1.29, 1.82) is 0 Å². The van der Waals surface area contributed by atoms with Crippen molar-refractivity contribution in [3.05, 3.63) is 47.2 Å². The van der Waals surface area contributed by atoms with E-state index in [0.717, 1.165) is 0 Å². The van der Waals surface area contributed by atoms with Crippen LogP contribution < -0.4 is 15.4 Å². The predicted molar refractivity (Wildman–Crippen MR) is 77.8 cm³/mol. The highest BCUT2D eigenvalue weighted by molar-refractivity contribution is 6.34. The summed E-state index contributed by atoms with van der Waals surface area (Å²) in [6.45, 7) is -0.0672. The number of carbonyl (C=O) groups excluding carboxylic acids is 2. The van der Waals surface area contributed by atoms with Gasteiger partial charge in [-0.15, -0.1) is 0 Å². The Balaban J connectivity index is 1.86. The molecule has 106 valence electrons. The first-order valence-corrected chi connectivity index (χ1v) is 6.50. The number of halogens is 1. The first kappa shape index (κ1) is 13.4. The highest BCUT2D eigenvalue weighted by Gasteiger charge is 2.19. The van der Waals surface area contributed by atoms with Gasteiger partial charge in [0.1, 0.15) is 11.4 Å². The van der Waals surface area contributed by atoms with Gasteiger partial charge in [-0.25, -0.2) is 0 Å². The van der Waals surface area contributed by atoms with E-state index in [1.54, 1.807) is 24.3 Å². The molecule has 7 heteroatoms. The molecule has 2 N–H and O–H groups in total. The summed E-state index contributed by atoms with van der Waals surface area (Å²) in [5.74, 6) is -0.170. The summed E-state index contributed by atoms with van der Waals surface area (Å²) in [7, 11) is 0. The molecule has 0 spiro atoms. The van der Waals surface area contributed by atoms with E-state index in [-0.39, 0.29) is 24.1 Å². The topological polar surface area (TPSA) is 80.3 Å². The maximum atomic E-state index is 12.0. The van der Waals surface area contributed by atoms with Crippen molar-refractivity contribution in [3.63, 3.8) is 0 Å². The summed E-state index contributed by atoms with van der Waals surface area (Å²) in [5, 5.41) is 5.60. The monoisotopic (exact) mass is 303 g/mol. The van der Waals surface area contributed by atoms with Crippen LogP contribution in [-0.2, 0) is 4.79 Å². The van der Waals surface area contributed by atoms with Crippen molar-refractivity contribution in [2.45, 2.75) is 0 Å². The number of benzene rings is 1. The molecular weight excluding hydrogens is 294 g/mol. The smallest absolute Gasteiger partial charge is 0.274 e. The van der Waals surface area contributed by atoms with Crippen molar-refractivity contribution in [1.82, 2.24) is 4.98 Å². The number of carbonyl (C=O) groups is 2. The van der Waals surface area contributed by atoms with Crippen LogP contribution in [0.25, 0.3) is 0 Å². The lowest BCUT2D eigenvalue weighted by Gasteiger charge is -2.19. The SMILES string of the molecule is O=C1COc2cc(NC(=O)c3ccccn3)c(Cl)cc2N1. The zero-order valence-electron chi connectivity index (χ0n) is 10.7. The minimum absolute atomic E-state index is 0.0672. The van der Waals surface area contributed by atoms with Crippen LogP contribution in [0.1, 0.15) is 10.5 Å². The van der Waals surface area contributed by atoms with E-state index in [1.807, 2.05) is 0 Å². The van der Waals surface area contributed by atoms with Gasteiger partial charge in [-0.2, -0.15) is 0 Å². The molecule has 1 aliphatic rings. The number of nitrogens with one attached hydrogen (secondary N) is 2. The van der Waals surface area contributed by atoms with Gasteiger partial charge in [0.2, 0.25) is 0 Å². The molecule has 1 aromatic heterocycles. The molecule has 21 heavy (non-hydrogen) atoms. The van der Waals surface area contributed by atoms with Crippen LogP contribution >= 0.6 is 11.6 Å². The highest BCUT2D eigenvalue weighted by atomic mass is 35.5. The van der Waals surface area contributed by atoms with E-state index in [9.17, 15) is 9.59 Å². The highest BCUT2D eigenvalue weighted by Crippen LogP contribution is 2.36. The Morgan fingerprint density at radius 1 is 1.38 bits per heavy atom. The van der Waals surface area contributed by atoms with Crippen LogP contribution in [0.5, 0.6) is 5.75 Å². The molecule has 6 nitrogen and oxygen atoms in total. The zero-order chi connectivity index (χ0) is 14.8. The number of anilines is 2. The summed E-state index contributed by atoms with van der Waals surface area (Å²) in [4.78, 5) is 27.2. The number of hydrogen-bond acceptors (Lipinski definition) is 4. The number of nitrogens with zero attached hydrogens (tertiary/aromatic N) is 1. The fourth-order valence-electron chi connectivity index (χ4n) is 1.88. The van der Waals surface area contributed by atoms with Gasteiger partial charge in [0.05, 0.1) is 16.4 Å². The van der Waals surface area contributed by atoms with Gasteiger partial charge in [-0.3, -0.25) is 14.6 Å². The second kappa shape index (κ2) is 5.41. The average Bonchev–Trinajstić information content (AvgIpc) is 2.49. The van der Waals surface area contributed by atoms with Gasteiger partial charge in [-0.1, -0.05) is 17.7 Å². The molecular formula is C14H10ClN3O3. The summed E-state index contributed by atoms with van der Waals surface area (Å²) in [6.07, 6.45) is 1.53. The number of rotatable bonds is 2. The summed E-state index contributed by atoms with van der Waals surface area (Å²) < 4.78 is 5.28. The van der Waals surface area contributed by atoms with Gasteiger partial charge < -0.3 is 15.4 Å². The van der Waals surface area contributed by atoms with E-state index in [1.165, 1.54) is 12.3 Å². The number of fused-ring (bicyclic) bond motifs is 1. The largest absolute Gasteiger partial charge is 0.482 e. The predicted octanol–water partition coefficient (Wildman–Crippen LogP) is 2.32. The summed E-state index contributed by atoms with van der Waals surface area (Å²) in [6, 6.07) is 8.13. The molecule has 1 aromatic carbocycles. The second-order valence-electron chi connectivity index (χ2n) is 4.33. The number of hydrogen-bond donors (Lipinski definition) is 2. The number of pyridine rings is 1. The van der Waals surface area contributed by atoms with Crippen molar-refractivity contribution in [2.75, 3.05) is 17.2 Å². The molecule has 0 atom stereocenters. The lowest BCUT2D eigenvalue weighted by molar-refractivity contribution is -0.118. The Labute approximate surface area is 125 Å². The van der Waals surface area contributed by atoms with Crippen LogP contribution in [-0.4, -0.2) is 23.4 Å². The fourth-order valence-corrected chi connectivity index (χ4v) is 2.09. The Bertz CT molecular complexity index is 719. The van der Waals surface area contributed by atoms with Crippen LogP contribution in [0.2, 0.25) is 5.02 Å². The van der Waals surface area contributed by atoms with Gasteiger partial charge >= 0.3 is 0 Å². The lowest BCUT2D eigenvalue weighted by atomic mass is 10.2.